The Morgan fingerprint density at radius 2 is 2.38 bits per heavy atom. The predicted molar refractivity (Wildman–Crippen MR) is 64.4 cm³/mol. The third kappa shape index (κ3) is 2.41. The van der Waals surface area contributed by atoms with Crippen LogP contribution in [0, 0.1) is 5.92 Å². The summed E-state index contributed by atoms with van der Waals surface area (Å²) in [7, 11) is 0. The summed E-state index contributed by atoms with van der Waals surface area (Å²) in [6.45, 7) is 4.06. The fourth-order valence-electron chi connectivity index (χ4n) is 1.88. The molecule has 1 saturated carbocycles. The summed E-state index contributed by atoms with van der Waals surface area (Å²) in [5.74, 6) is 0.667. The summed E-state index contributed by atoms with van der Waals surface area (Å²) >= 11 is 1.44. The zero-order valence-corrected chi connectivity index (χ0v) is 10.4. The maximum atomic E-state index is 11.8. The van der Waals surface area contributed by atoms with Gasteiger partial charge in [0.25, 0.3) is 5.91 Å². The van der Waals surface area contributed by atoms with Gasteiger partial charge in [-0.15, -0.1) is 11.3 Å². The quantitative estimate of drug-likeness (QED) is 0.843. The molecule has 0 radical (unpaired) electrons. The molecule has 1 aliphatic rings. The minimum atomic E-state index is -0.102. The molecule has 1 aliphatic carbocycles. The number of nitrogens with zero attached hydrogens (tertiary/aromatic N) is 1. The lowest BCUT2D eigenvalue weighted by Gasteiger charge is -2.32. The number of carbonyl (C=O) groups is 1. The molecule has 0 aromatic carbocycles. The fourth-order valence-corrected chi connectivity index (χ4v) is 2.64. The smallest absolute Gasteiger partial charge is 0.270 e. The van der Waals surface area contributed by atoms with Crippen molar-refractivity contribution in [1.29, 1.82) is 0 Å². The molecule has 1 unspecified atom stereocenters. The van der Waals surface area contributed by atoms with Crippen molar-refractivity contribution in [2.75, 3.05) is 0 Å². The summed E-state index contributed by atoms with van der Waals surface area (Å²) < 4.78 is 0. The lowest BCUT2D eigenvalue weighted by molar-refractivity contribution is 0.0891. The Labute approximate surface area is 99.3 Å². The Bertz CT molecular complexity index is 382. The largest absolute Gasteiger partial charge is 0.348 e. The molecule has 1 atom stereocenters. The monoisotopic (exact) mass is 239 g/mol. The first-order valence-corrected chi connectivity index (χ1v) is 6.46. The average molecular weight is 239 g/mol. The summed E-state index contributed by atoms with van der Waals surface area (Å²) in [6, 6.07) is 0.234. The van der Waals surface area contributed by atoms with Crippen molar-refractivity contribution in [3.63, 3.8) is 0 Å². The molecule has 0 saturated heterocycles. The summed E-state index contributed by atoms with van der Waals surface area (Å²) in [4.78, 5) is 16.0. The Kier molecular flexibility index (Phi) is 3.25. The number of nitrogens with two attached hydrogens (primary N) is 1. The Hall–Kier alpha value is -0.940. The van der Waals surface area contributed by atoms with Gasteiger partial charge in [-0.1, -0.05) is 6.92 Å². The molecule has 3 N–H and O–H groups in total. The van der Waals surface area contributed by atoms with E-state index in [4.69, 9.17) is 5.73 Å². The number of thiazole rings is 1. The lowest BCUT2D eigenvalue weighted by atomic mass is 9.82. The SMILES string of the molecule is CC1CC(NC(=O)c2csc(C(C)N)n2)C1. The molecular formula is C11H17N3OS. The molecule has 0 spiro atoms. The van der Waals surface area contributed by atoms with Crippen LogP contribution in [0.25, 0.3) is 0 Å². The summed E-state index contributed by atoms with van der Waals surface area (Å²) in [6.07, 6.45) is 2.16. The number of hydrogen-bond acceptors (Lipinski definition) is 4. The van der Waals surface area contributed by atoms with Crippen molar-refractivity contribution in [2.45, 2.75) is 38.8 Å². The van der Waals surface area contributed by atoms with Crippen molar-refractivity contribution < 1.29 is 4.79 Å². The molecular weight excluding hydrogens is 222 g/mol. The van der Waals surface area contributed by atoms with Gasteiger partial charge in [-0.05, 0) is 25.7 Å². The van der Waals surface area contributed by atoms with Crippen molar-refractivity contribution >= 4 is 17.2 Å². The minimum Gasteiger partial charge on any atom is -0.348 e. The van der Waals surface area contributed by atoms with Crippen LogP contribution in [0.2, 0.25) is 0 Å². The molecule has 4 nitrogen and oxygen atoms in total. The highest BCUT2D eigenvalue weighted by atomic mass is 32.1. The number of nitrogens with one attached hydrogen (secondary N) is 1. The van der Waals surface area contributed by atoms with Crippen molar-refractivity contribution in [3.05, 3.63) is 16.1 Å². The van der Waals surface area contributed by atoms with Gasteiger partial charge < -0.3 is 11.1 Å². The topological polar surface area (TPSA) is 68.0 Å². The van der Waals surface area contributed by atoms with Gasteiger partial charge in [0.1, 0.15) is 10.7 Å². The van der Waals surface area contributed by atoms with Gasteiger partial charge in [0.05, 0.1) is 6.04 Å². The van der Waals surface area contributed by atoms with E-state index < -0.39 is 0 Å². The van der Waals surface area contributed by atoms with Gasteiger partial charge in [0.2, 0.25) is 0 Å². The number of carbonyl (C=O) groups excluding carboxylic acids is 1. The van der Waals surface area contributed by atoms with Crippen LogP contribution < -0.4 is 11.1 Å². The van der Waals surface area contributed by atoms with E-state index in [1.54, 1.807) is 5.38 Å². The second-order valence-electron chi connectivity index (χ2n) is 4.61. The fraction of sp³-hybridized carbons (Fsp3) is 0.636. The second kappa shape index (κ2) is 4.51. The molecule has 0 aliphatic heterocycles. The van der Waals surface area contributed by atoms with Crippen molar-refractivity contribution in [1.82, 2.24) is 10.3 Å². The van der Waals surface area contributed by atoms with Crippen molar-refractivity contribution in [2.24, 2.45) is 11.7 Å². The van der Waals surface area contributed by atoms with Crippen LogP contribution in [-0.2, 0) is 0 Å². The molecule has 88 valence electrons. The molecule has 1 heterocycles. The van der Waals surface area contributed by atoms with E-state index in [-0.39, 0.29) is 11.9 Å². The van der Waals surface area contributed by atoms with Gasteiger partial charge >= 0.3 is 0 Å². The molecule has 0 bridgehead atoms. The van der Waals surface area contributed by atoms with E-state index in [0.717, 1.165) is 23.8 Å². The van der Waals surface area contributed by atoms with Crippen molar-refractivity contribution in [3.8, 4) is 0 Å². The third-order valence-electron chi connectivity index (χ3n) is 2.85. The van der Waals surface area contributed by atoms with Crippen LogP contribution in [0.3, 0.4) is 0 Å². The van der Waals surface area contributed by atoms with Crippen LogP contribution >= 0.6 is 11.3 Å². The predicted octanol–water partition coefficient (Wildman–Crippen LogP) is 1.69. The third-order valence-corrected chi connectivity index (χ3v) is 3.90. The highest BCUT2D eigenvalue weighted by Crippen LogP contribution is 2.26. The van der Waals surface area contributed by atoms with Crippen LogP contribution in [0.5, 0.6) is 0 Å². The first-order chi connectivity index (χ1) is 7.56. The van der Waals surface area contributed by atoms with E-state index >= 15 is 0 Å². The first-order valence-electron chi connectivity index (χ1n) is 5.58. The van der Waals surface area contributed by atoms with Crippen LogP contribution in [0.4, 0.5) is 0 Å². The normalized spacial score (nSPS) is 25.9. The van der Waals surface area contributed by atoms with Crippen LogP contribution in [-0.4, -0.2) is 16.9 Å². The maximum absolute atomic E-state index is 11.8. The first kappa shape index (κ1) is 11.5. The van der Waals surface area contributed by atoms with E-state index in [1.807, 2.05) is 6.92 Å². The molecule has 1 aromatic rings. The lowest BCUT2D eigenvalue weighted by Crippen LogP contribution is -2.43. The Balaban J connectivity index is 1.93. The molecule has 1 fully saturated rings. The van der Waals surface area contributed by atoms with Gasteiger partial charge in [0, 0.05) is 11.4 Å². The van der Waals surface area contributed by atoms with Crippen LogP contribution in [0.15, 0.2) is 5.38 Å². The Morgan fingerprint density at radius 3 is 2.88 bits per heavy atom. The number of amides is 1. The van der Waals surface area contributed by atoms with E-state index in [2.05, 4.69) is 17.2 Å². The molecule has 2 rings (SSSR count). The highest BCUT2D eigenvalue weighted by Gasteiger charge is 2.27. The zero-order chi connectivity index (χ0) is 11.7. The highest BCUT2D eigenvalue weighted by molar-refractivity contribution is 7.09. The van der Waals surface area contributed by atoms with Gasteiger partial charge in [-0.3, -0.25) is 4.79 Å². The maximum Gasteiger partial charge on any atom is 0.270 e. The van der Waals surface area contributed by atoms with Gasteiger partial charge in [0.15, 0.2) is 0 Å². The average Bonchev–Trinajstić information content (AvgIpc) is 2.63. The van der Waals surface area contributed by atoms with Crippen LogP contribution in [0.1, 0.15) is 48.2 Å². The molecule has 5 heteroatoms. The molecule has 16 heavy (non-hydrogen) atoms. The van der Waals surface area contributed by atoms with Gasteiger partial charge in [-0.25, -0.2) is 4.98 Å². The number of hydrogen-bond donors (Lipinski definition) is 2. The molecule has 1 aromatic heterocycles. The standard InChI is InChI=1S/C11H17N3OS/c1-6-3-8(4-6)13-10(15)9-5-16-11(14-9)7(2)12/h5-8H,3-4,12H2,1-2H3,(H,13,15). The number of aromatic nitrogens is 1. The Morgan fingerprint density at radius 1 is 1.69 bits per heavy atom. The van der Waals surface area contributed by atoms with E-state index in [9.17, 15) is 4.79 Å². The summed E-state index contributed by atoms with van der Waals surface area (Å²) in [5.41, 5.74) is 6.20. The zero-order valence-electron chi connectivity index (χ0n) is 9.56. The van der Waals surface area contributed by atoms with Gasteiger partial charge in [-0.2, -0.15) is 0 Å². The van der Waals surface area contributed by atoms with E-state index in [0.29, 0.717) is 11.7 Å². The molecule has 1 amide bonds. The minimum absolute atomic E-state index is 0.0694. The summed E-state index contributed by atoms with van der Waals surface area (Å²) in [5, 5.41) is 5.57. The van der Waals surface area contributed by atoms with E-state index in [1.165, 1.54) is 11.3 Å². The second-order valence-corrected chi connectivity index (χ2v) is 5.50. The number of rotatable bonds is 3.